The molecule has 0 radical (unpaired) electrons. The maximum absolute atomic E-state index is 11.9. The van der Waals surface area contributed by atoms with Crippen LogP contribution in [0.2, 0.25) is 0 Å². The van der Waals surface area contributed by atoms with Crippen LogP contribution in [0.1, 0.15) is 30.4 Å². The van der Waals surface area contributed by atoms with Crippen molar-refractivity contribution in [3.05, 3.63) is 90.2 Å². The molecule has 1 aliphatic rings. The van der Waals surface area contributed by atoms with Gasteiger partial charge in [0.1, 0.15) is 0 Å². The van der Waals surface area contributed by atoms with Crippen molar-refractivity contribution >= 4 is 5.78 Å². The Balaban J connectivity index is 1.84. The minimum atomic E-state index is -0.0726. The second-order valence-electron chi connectivity index (χ2n) is 6.10. The van der Waals surface area contributed by atoms with Gasteiger partial charge in [0.15, 0.2) is 0 Å². The molecule has 1 fully saturated rings. The van der Waals surface area contributed by atoms with Gasteiger partial charge in [0, 0.05) is 17.8 Å². The van der Waals surface area contributed by atoms with Crippen molar-refractivity contribution in [2.24, 2.45) is 5.92 Å². The Bertz CT molecular complexity index is 775. The molecule has 118 valence electrons. The van der Waals surface area contributed by atoms with Crippen molar-refractivity contribution in [1.29, 1.82) is 0 Å². The average molecular weight is 312 g/mol. The predicted octanol–water partition coefficient (Wildman–Crippen LogP) is 4.69. The third-order valence-electron chi connectivity index (χ3n) is 4.58. The number of ketones is 1. The Labute approximate surface area is 143 Å². The van der Waals surface area contributed by atoms with E-state index in [1.807, 2.05) is 12.1 Å². The van der Waals surface area contributed by atoms with E-state index < -0.39 is 0 Å². The summed E-state index contributed by atoms with van der Waals surface area (Å²) in [4.78, 5) is 11.9. The second kappa shape index (κ2) is 7.18. The molecule has 1 nitrogen and oxygen atoms in total. The van der Waals surface area contributed by atoms with E-state index in [1.54, 1.807) is 6.08 Å². The molecule has 0 spiro atoms. The van der Waals surface area contributed by atoms with Crippen LogP contribution in [-0.2, 0) is 10.2 Å². The largest absolute Gasteiger partial charge is 0.285 e. The Morgan fingerprint density at radius 2 is 1.67 bits per heavy atom. The molecule has 0 amide bonds. The van der Waals surface area contributed by atoms with Gasteiger partial charge in [-0.25, -0.2) is 0 Å². The number of allylic oxidation sites excluding steroid dienone is 1. The van der Waals surface area contributed by atoms with Gasteiger partial charge in [0.05, 0.1) is 0 Å². The molecule has 2 aromatic rings. The molecule has 0 aromatic heterocycles. The highest BCUT2D eigenvalue weighted by molar-refractivity contribution is 5.95. The minimum Gasteiger partial charge on any atom is -0.285 e. The van der Waals surface area contributed by atoms with Crippen LogP contribution in [0.3, 0.4) is 0 Å². The zero-order chi connectivity index (χ0) is 16.8. The molecule has 0 aliphatic heterocycles. The minimum absolute atomic E-state index is 0.0107. The number of rotatable bonds is 5. The van der Waals surface area contributed by atoms with E-state index in [2.05, 4.69) is 72.7 Å². The highest BCUT2D eigenvalue weighted by atomic mass is 16.1. The summed E-state index contributed by atoms with van der Waals surface area (Å²) in [6.45, 7) is 3.50. The number of benzene rings is 2. The highest BCUT2D eigenvalue weighted by Gasteiger charge is 2.55. The maximum atomic E-state index is 11.9. The van der Waals surface area contributed by atoms with E-state index in [1.165, 1.54) is 11.1 Å². The molecule has 1 heteroatoms. The number of hydrogen-bond acceptors (Lipinski definition) is 1. The lowest BCUT2D eigenvalue weighted by Crippen LogP contribution is -2.11. The average Bonchev–Trinajstić information content (AvgIpc) is 3.37. The van der Waals surface area contributed by atoms with Crippen molar-refractivity contribution in [1.82, 2.24) is 0 Å². The molecular formula is C23H20O. The van der Waals surface area contributed by atoms with E-state index in [9.17, 15) is 4.79 Å². The molecule has 0 saturated heterocycles. The Kier molecular flexibility index (Phi) is 4.80. The molecule has 0 bridgehead atoms. The van der Waals surface area contributed by atoms with Crippen LogP contribution in [0.15, 0.2) is 79.0 Å². The summed E-state index contributed by atoms with van der Waals surface area (Å²) in [5.41, 5.74) is 5.16. The van der Waals surface area contributed by atoms with Gasteiger partial charge in [0.25, 0.3) is 0 Å². The Hall–Kier alpha value is -2.81. The molecule has 1 aliphatic carbocycles. The zero-order valence-corrected chi connectivity index (χ0v) is 13.7. The number of carbonyl (C=O) groups is 1. The summed E-state index contributed by atoms with van der Waals surface area (Å²) in [6.07, 6.45) is 3.83. The normalized spacial score (nSPS) is 17.1. The van der Waals surface area contributed by atoms with E-state index in [4.69, 9.17) is 0 Å². The number of carbonyl (C=O) groups excluding carboxylic acids is 1. The molecule has 0 heterocycles. The zero-order valence-electron chi connectivity index (χ0n) is 13.7. The summed E-state index contributed by atoms with van der Waals surface area (Å²) >= 11 is 0. The monoisotopic (exact) mass is 312 g/mol. The maximum Gasteiger partial charge on any atom is 0.205 e. The summed E-state index contributed by atoms with van der Waals surface area (Å²) in [5.74, 6) is 6.25. The van der Waals surface area contributed by atoms with Gasteiger partial charge in [-0.05, 0) is 36.0 Å². The van der Waals surface area contributed by atoms with Crippen LogP contribution >= 0.6 is 0 Å². The summed E-state index contributed by atoms with van der Waals surface area (Å²) in [6, 6.07) is 21.0. The fourth-order valence-corrected chi connectivity index (χ4v) is 3.25. The molecule has 3 rings (SSSR count). The Morgan fingerprint density at radius 1 is 1.08 bits per heavy atom. The van der Waals surface area contributed by atoms with Gasteiger partial charge in [-0.2, -0.15) is 0 Å². The van der Waals surface area contributed by atoms with Gasteiger partial charge >= 0.3 is 0 Å². The fourth-order valence-electron chi connectivity index (χ4n) is 3.25. The highest BCUT2D eigenvalue weighted by Crippen LogP contribution is 2.58. The first-order valence-electron chi connectivity index (χ1n) is 8.27. The van der Waals surface area contributed by atoms with Crippen LogP contribution in [-0.4, -0.2) is 5.78 Å². The summed E-state index contributed by atoms with van der Waals surface area (Å²) < 4.78 is 0. The number of Topliss-reactive ketones (excluding diaryl/α,β-unsaturated/α-hetero) is 1. The summed E-state index contributed by atoms with van der Waals surface area (Å²) in [7, 11) is 0. The predicted molar refractivity (Wildman–Crippen MR) is 97.5 cm³/mol. The molecule has 24 heavy (non-hydrogen) atoms. The van der Waals surface area contributed by atoms with Gasteiger partial charge in [-0.1, -0.05) is 73.2 Å². The van der Waals surface area contributed by atoms with Gasteiger partial charge in [-0.3, -0.25) is 4.79 Å². The van der Waals surface area contributed by atoms with Crippen molar-refractivity contribution in [3.63, 3.8) is 0 Å². The Morgan fingerprint density at radius 3 is 2.21 bits per heavy atom. The smallest absolute Gasteiger partial charge is 0.205 e. The van der Waals surface area contributed by atoms with E-state index in [-0.39, 0.29) is 17.1 Å². The molecule has 1 atom stereocenters. The summed E-state index contributed by atoms with van der Waals surface area (Å²) in [5, 5.41) is 0. The molecular weight excluding hydrogens is 292 g/mol. The van der Waals surface area contributed by atoms with Gasteiger partial charge in [-0.15, -0.1) is 5.73 Å². The molecule has 1 saturated carbocycles. The number of hydrogen-bond donors (Lipinski definition) is 0. The van der Waals surface area contributed by atoms with Crippen LogP contribution in [0.5, 0.6) is 0 Å². The van der Waals surface area contributed by atoms with Crippen molar-refractivity contribution in [2.75, 3.05) is 0 Å². The first-order chi connectivity index (χ1) is 11.8. The topological polar surface area (TPSA) is 17.1 Å². The van der Waals surface area contributed by atoms with E-state index >= 15 is 0 Å². The second-order valence-corrected chi connectivity index (χ2v) is 6.10. The van der Waals surface area contributed by atoms with Crippen molar-refractivity contribution < 1.29 is 4.79 Å². The van der Waals surface area contributed by atoms with Crippen LogP contribution < -0.4 is 0 Å². The first kappa shape index (κ1) is 16.1. The van der Waals surface area contributed by atoms with E-state index in [0.717, 1.165) is 6.42 Å². The van der Waals surface area contributed by atoms with Crippen molar-refractivity contribution in [3.8, 4) is 11.8 Å². The molecule has 2 aromatic carbocycles. The first-order valence-corrected chi connectivity index (χ1v) is 8.27. The van der Waals surface area contributed by atoms with Gasteiger partial charge < -0.3 is 0 Å². The van der Waals surface area contributed by atoms with Crippen LogP contribution in [0.4, 0.5) is 0 Å². The van der Waals surface area contributed by atoms with E-state index in [0.29, 0.717) is 12.8 Å². The quantitative estimate of drug-likeness (QED) is 0.445. The molecule has 0 N–H and O–H groups in total. The molecule has 1 unspecified atom stereocenters. The van der Waals surface area contributed by atoms with Gasteiger partial charge in [0.2, 0.25) is 5.78 Å². The fraction of sp³-hybridized carbons (Fsp3) is 0.217. The van der Waals surface area contributed by atoms with Crippen molar-refractivity contribution in [2.45, 2.75) is 24.7 Å². The SMILES string of the molecule is C=C=CCCC(=O)C#CC1CC1(c1ccccc1)c1ccccc1. The lowest BCUT2D eigenvalue weighted by atomic mass is 9.86. The van der Waals surface area contributed by atoms with Crippen LogP contribution in [0, 0.1) is 17.8 Å². The standard InChI is InChI=1S/C23H20O/c1-2-3-6-15-22(24)17-16-21-18-23(21,19-11-7-4-8-12-19)20-13-9-5-10-14-20/h3-5,7-14,21H,1,6,15,18H2. The lowest BCUT2D eigenvalue weighted by molar-refractivity contribution is -0.113. The third kappa shape index (κ3) is 3.25. The van der Waals surface area contributed by atoms with Crippen LogP contribution in [0.25, 0.3) is 0 Å². The lowest BCUT2D eigenvalue weighted by Gasteiger charge is -2.17. The third-order valence-corrected chi connectivity index (χ3v) is 4.58.